The predicted octanol–water partition coefficient (Wildman–Crippen LogP) is 1.72. The topological polar surface area (TPSA) is 69.6 Å². The third-order valence-corrected chi connectivity index (χ3v) is 4.62. The van der Waals surface area contributed by atoms with Crippen molar-refractivity contribution in [2.75, 3.05) is 19.6 Å². The van der Waals surface area contributed by atoms with Crippen LogP contribution in [0.2, 0.25) is 0 Å². The van der Waals surface area contributed by atoms with Crippen LogP contribution in [0, 0.1) is 5.92 Å². The van der Waals surface area contributed by atoms with Gasteiger partial charge in [-0.2, -0.15) is 0 Å². The van der Waals surface area contributed by atoms with Crippen LogP contribution in [0.1, 0.15) is 30.7 Å². The highest BCUT2D eigenvalue weighted by Gasteiger charge is 2.26. The van der Waals surface area contributed by atoms with E-state index in [1.54, 1.807) is 11.3 Å². The van der Waals surface area contributed by atoms with Crippen molar-refractivity contribution in [2.45, 2.75) is 25.8 Å². The average Bonchev–Trinajstić information content (AvgIpc) is 2.92. The molecule has 1 amide bonds. The van der Waals surface area contributed by atoms with Crippen LogP contribution in [0.3, 0.4) is 0 Å². The van der Waals surface area contributed by atoms with E-state index in [2.05, 4.69) is 5.32 Å². The van der Waals surface area contributed by atoms with Gasteiger partial charge in [0.2, 0.25) is 5.91 Å². The number of hydrogen-bond acceptors (Lipinski definition) is 4. The molecule has 1 aliphatic heterocycles. The third kappa shape index (κ3) is 4.05. The number of aliphatic carboxylic acids is 1. The Hall–Kier alpha value is -1.40. The summed E-state index contributed by atoms with van der Waals surface area (Å²) in [5, 5.41) is 14.0. The van der Waals surface area contributed by atoms with E-state index in [0.29, 0.717) is 13.0 Å². The number of thiophene rings is 1. The number of rotatable bonds is 5. The van der Waals surface area contributed by atoms with Crippen molar-refractivity contribution in [2.24, 2.45) is 5.92 Å². The standard InChI is InChI=1S/C14H20N2O3S/c1-10(12-5-3-7-20-12)15-13(17)9-16-6-2-4-11(8-16)14(18)19/h3,5,7,10-11H,2,4,6,8-9H2,1H3,(H,15,17)(H,18,19). The summed E-state index contributed by atoms with van der Waals surface area (Å²) in [6.45, 7) is 3.50. The Morgan fingerprint density at radius 3 is 3.05 bits per heavy atom. The van der Waals surface area contributed by atoms with Crippen molar-refractivity contribution < 1.29 is 14.7 Å². The summed E-state index contributed by atoms with van der Waals surface area (Å²) < 4.78 is 0. The van der Waals surface area contributed by atoms with Crippen molar-refractivity contribution in [1.82, 2.24) is 10.2 Å². The van der Waals surface area contributed by atoms with E-state index < -0.39 is 5.97 Å². The van der Waals surface area contributed by atoms with Gasteiger partial charge in [0.25, 0.3) is 0 Å². The molecule has 20 heavy (non-hydrogen) atoms. The molecule has 0 aliphatic carbocycles. The monoisotopic (exact) mass is 296 g/mol. The van der Waals surface area contributed by atoms with Gasteiger partial charge in [-0.25, -0.2) is 0 Å². The zero-order valence-corrected chi connectivity index (χ0v) is 12.4. The first-order valence-corrected chi connectivity index (χ1v) is 7.72. The van der Waals surface area contributed by atoms with Crippen molar-refractivity contribution >= 4 is 23.2 Å². The number of piperidine rings is 1. The molecular formula is C14H20N2O3S. The van der Waals surface area contributed by atoms with Gasteiger partial charge < -0.3 is 10.4 Å². The number of carboxylic acid groups (broad SMARTS) is 1. The number of likely N-dealkylation sites (tertiary alicyclic amines) is 1. The van der Waals surface area contributed by atoms with Gasteiger partial charge in [-0.1, -0.05) is 6.07 Å². The SMILES string of the molecule is CC(NC(=O)CN1CCCC(C(=O)O)C1)c1cccs1. The number of nitrogens with one attached hydrogen (secondary N) is 1. The summed E-state index contributed by atoms with van der Waals surface area (Å²) in [4.78, 5) is 26.0. The van der Waals surface area contributed by atoms with Gasteiger partial charge in [-0.05, 0) is 37.8 Å². The average molecular weight is 296 g/mol. The van der Waals surface area contributed by atoms with Crippen LogP contribution in [0.25, 0.3) is 0 Å². The lowest BCUT2D eigenvalue weighted by atomic mass is 9.98. The summed E-state index contributed by atoms with van der Waals surface area (Å²) in [6.07, 6.45) is 1.55. The highest BCUT2D eigenvalue weighted by Crippen LogP contribution is 2.19. The van der Waals surface area contributed by atoms with Gasteiger partial charge in [0.15, 0.2) is 0 Å². The number of carbonyl (C=O) groups is 2. The summed E-state index contributed by atoms with van der Waals surface area (Å²) in [5.41, 5.74) is 0. The summed E-state index contributed by atoms with van der Waals surface area (Å²) in [5.74, 6) is -1.15. The molecule has 1 aromatic rings. The minimum absolute atomic E-state index is 0.00237. The number of nitrogens with zero attached hydrogens (tertiary/aromatic N) is 1. The van der Waals surface area contributed by atoms with Gasteiger partial charge in [0.1, 0.15) is 0 Å². The van der Waals surface area contributed by atoms with Gasteiger partial charge in [-0.15, -0.1) is 11.3 Å². The fourth-order valence-electron chi connectivity index (χ4n) is 2.50. The Morgan fingerprint density at radius 1 is 1.60 bits per heavy atom. The van der Waals surface area contributed by atoms with Crippen LogP contribution in [0.5, 0.6) is 0 Å². The first-order chi connectivity index (χ1) is 9.56. The molecule has 1 aromatic heterocycles. The van der Waals surface area contributed by atoms with Gasteiger partial charge in [0.05, 0.1) is 18.5 Å². The van der Waals surface area contributed by atoms with E-state index in [1.165, 1.54) is 0 Å². The highest BCUT2D eigenvalue weighted by atomic mass is 32.1. The summed E-state index contributed by atoms with van der Waals surface area (Å²) >= 11 is 1.62. The maximum atomic E-state index is 12.0. The van der Waals surface area contributed by atoms with Gasteiger partial charge in [-0.3, -0.25) is 14.5 Å². The van der Waals surface area contributed by atoms with E-state index in [1.807, 2.05) is 29.3 Å². The Kier molecular flexibility index (Phi) is 5.14. The lowest BCUT2D eigenvalue weighted by molar-refractivity contribution is -0.144. The highest BCUT2D eigenvalue weighted by molar-refractivity contribution is 7.10. The van der Waals surface area contributed by atoms with E-state index >= 15 is 0 Å². The van der Waals surface area contributed by atoms with E-state index in [0.717, 1.165) is 17.8 Å². The maximum absolute atomic E-state index is 12.0. The molecule has 2 rings (SSSR count). The van der Waals surface area contributed by atoms with Crippen LogP contribution in [0.15, 0.2) is 17.5 Å². The second-order valence-corrected chi connectivity index (χ2v) is 6.20. The molecule has 0 bridgehead atoms. The molecule has 0 spiro atoms. The van der Waals surface area contributed by atoms with Crippen LogP contribution in [-0.4, -0.2) is 41.5 Å². The van der Waals surface area contributed by atoms with Crippen LogP contribution in [0.4, 0.5) is 0 Å². The van der Waals surface area contributed by atoms with Crippen LogP contribution >= 0.6 is 11.3 Å². The van der Waals surface area contributed by atoms with Crippen LogP contribution in [-0.2, 0) is 9.59 Å². The number of carboxylic acids is 1. The second-order valence-electron chi connectivity index (χ2n) is 5.22. The molecule has 2 unspecified atom stereocenters. The molecule has 5 nitrogen and oxygen atoms in total. The molecule has 0 aromatic carbocycles. The molecule has 110 valence electrons. The van der Waals surface area contributed by atoms with Crippen molar-refractivity contribution in [3.05, 3.63) is 22.4 Å². The summed E-state index contributed by atoms with van der Waals surface area (Å²) in [6, 6.07) is 3.96. The molecule has 6 heteroatoms. The molecular weight excluding hydrogens is 276 g/mol. The van der Waals surface area contributed by atoms with Crippen molar-refractivity contribution in [3.8, 4) is 0 Å². The molecule has 2 atom stereocenters. The molecule has 2 N–H and O–H groups in total. The van der Waals surface area contributed by atoms with Gasteiger partial charge in [0, 0.05) is 11.4 Å². The van der Waals surface area contributed by atoms with Crippen molar-refractivity contribution in [3.63, 3.8) is 0 Å². The quantitative estimate of drug-likeness (QED) is 0.868. The Morgan fingerprint density at radius 2 is 2.40 bits per heavy atom. The lowest BCUT2D eigenvalue weighted by Gasteiger charge is -2.30. The normalized spacial score (nSPS) is 21.4. The molecule has 1 saturated heterocycles. The summed E-state index contributed by atoms with van der Waals surface area (Å²) in [7, 11) is 0. The maximum Gasteiger partial charge on any atom is 0.307 e. The molecule has 0 saturated carbocycles. The number of amides is 1. The van der Waals surface area contributed by atoms with Crippen LogP contribution < -0.4 is 5.32 Å². The van der Waals surface area contributed by atoms with Gasteiger partial charge >= 0.3 is 5.97 Å². The molecule has 1 fully saturated rings. The first-order valence-electron chi connectivity index (χ1n) is 6.84. The fourth-order valence-corrected chi connectivity index (χ4v) is 3.23. The molecule has 0 radical (unpaired) electrons. The molecule has 2 heterocycles. The Balaban J connectivity index is 1.80. The van der Waals surface area contributed by atoms with E-state index in [-0.39, 0.29) is 24.4 Å². The largest absolute Gasteiger partial charge is 0.481 e. The second kappa shape index (κ2) is 6.85. The lowest BCUT2D eigenvalue weighted by Crippen LogP contribution is -2.44. The predicted molar refractivity (Wildman–Crippen MR) is 77.7 cm³/mol. The number of carbonyl (C=O) groups excluding carboxylic acids is 1. The zero-order valence-electron chi connectivity index (χ0n) is 11.5. The molecule has 1 aliphatic rings. The number of hydrogen-bond donors (Lipinski definition) is 2. The smallest absolute Gasteiger partial charge is 0.307 e. The third-order valence-electron chi connectivity index (χ3n) is 3.57. The fraction of sp³-hybridized carbons (Fsp3) is 0.571. The Bertz CT molecular complexity index is 461. The minimum atomic E-state index is -0.762. The first kappa shape index (κ1) is 15.0. The zero-order chi connectivity index (χ0) is 14.5. The Labute approximate surface area is 122 Å². The van der Waals surface area contributed by atoms with Crippen molar-refractivity contribution in [1.29, 1.82) is 0 Å². The minimum Gasteiger partial charge on any atom is -0.481 e. The van der Waals surface area contributed by atoms with E-state index in [4.69, 9.17) is 5.11 Å². The van der Waals surface area contributed by atoms with E-state index in [9.17, 15) is 9.59 Å².